The largest absolute Gasteiger partial charge is 0.493 e. The summed E-state index contributed by atoms with van der Waals surface area (Å²) in [5.74, 6) is 2.54. The number of aromatic nitrogens is 2. The van der Waals surface area contributed by atoms with Gasteiger partial charge in [0.15, 0.2) is 0 Å². The molecule has 3 rings (SSSR count). The maximum atomic E-state index is 12.1. The Morgan fingerprint density at radius 2 is 2.29 bits per heavy atom. The summed E-state index contributed by atoms with van der Waals surface area (Å²) >= 11 is 0. The Morgan fingerprint density at radius 1 is 1.42 bits per heavy atom. The highest BCUT2D eigenvalue weighted by atomic mass is 16.5. The molecule has 1 aromatic heterocycles. The topological polar surface area (TPSA) is 56.2 Å². The molecule has 5 heteroatoms. The number of fused-ring (bicyclic) bond motifs is 1. The summed E-state index contributed by atoms with van der Waals surface area (Å²) in [6, 6.07) is 8.18. The van der Waals surface area contributed by atoms with Crippen LogP contribution in [0.1, 0.15) is 31.2 Å². The molecule has 2 aromatic rings. The van der Waals surface area contributed by atoms with E-state index in [2.05, 4.69) is 27.9 Å². The average Bonchev–Trinajstić information content (AvgIpc) is 2.96. The monoisotopic (exact) mass is 327 g/mol. The van der Waals surface area contributed by atoms with Crippen LogP contribution in [0.15, 0.2) is 36.7 Å². The Bertz CT molecular complexity index is 681. The van der Waals surface area contributed by atoms with Crippen molar-refractivity contribution in [3.63, 3.8) is 0 Å². The summed E-state index contributed by atoms with van der Waals surface area (Å²) in [5, 5.41) is 3.08. The Labute approximate surface area is 143 Å². The van der Waals surface area contributed by atoms with Gasteiger partial charge < -0.3 is 14.6 Å². The Balaban J connectivity index is 1.46. The highest BCUT2D eigenvalue weighted by Gasteiger charge is 2.18. The molecule has 5 nitrogen and oxygen atoms in total. The zero-order valence-corrected chi connectivity index (χ0v) is 14.2. The number of carbonyl (C=O) groups is 1. The van der Waals surface area contributed by atoms with E-state index in [1.165, 1.54) is 5.56 Å². The second-order valence-electron chi connectivity index (χ2n) is 6.26. The van der Waals surface area contributed by atoms with Crippen molar-refractivity contribution in [3.05, 3.63) is 48.0 Å². The molecule has 0 fully saturated rings. The van der Waals surface area contributed by atoms with Gasteiger partial charge >= 0.3 is 0 Å². The molecule has 24 heavy (non-hydrogen) atoms. The van der Waals surface area contributed by atoms with Crippen LogP contribution in [0.5, 0.6) is 5.75 Å². The van der Waals surface area contributed by atoms with Crippen LogP contribution in [0, 0.1) is 5.92 Å². The van der Waals surface area contributed by atoms with E-state index in [-0.39, 0.29) is 5.91 Å². The standard InChI is InChI=1S/C19H25N3O2/c1-2-18-20-9-11-22(18)10-7-19(23)21-14-15-8-12-24-17-6-4-3-5-16(17)13-15/h3-6,9,11,15H,2,7-8,10,12-14H2,1H3,(H,21,23)/t15-/m0/s1. The van der Waals surface area contributed by atoms with E-state index in [9.17, 15) is 4.79 Å². The van der Waals surface area contributed by atoms with Gasteiger partial charge in [0.25, 0.3) is 0 Å². The summed E-state index contributed by atoms with van der Waals surface area (Å²) in [7, 11) is 0. The van der Waals surface area contributed by atoms with Gasteiger partial charge in [0.1, 0.15) is 11.6 Å². The number of imidazole rings is 1. The molecule has 1 atom stereocenters. The van der Waals surface area contributed by atoms with Gasteiger partial charge in [-0.15, -0.1) is 0 Å². The van der Waals surface area contributed by atoms with Crippen LogP contribution in [0.3, 0.4) is 0 Å². The van der Waals surface area contributed by atoms with Crippen LogP contribution in [0.2, 0.25) is 0 Å². The van der Waals surface area contributed by atoms with E-state index in [0.29, 0.717) is 32.0 Å². The smallest absolute Gasteiger partial charge is 0.221 e. The van der Waals surface area contributed by atoms with Crippen molar-refractivity contribution >= 4 is 5.91 Å². The van der Waals surface area contributed by atoms with Gasteiger partial charge in [-0.3, -0.25) is 4.79 Å². The minimum absolute atomic E-state index is 0.101. The number of para-hydroxylation sites is 1. The van der Waals surface area contributed by atoms with Gasteiger partial charge in [-0.2, -0.15) is 0 Å². The molecule has 1 amide bonds. The van der Waals surface area contributed by atoms with Crippen molar-refractivity contribution in [1.82, 2.24) is 14.9 Å². The summed E-state index contributed by atoms with van der Waals surface area (Å²) in [5.41, 5.74) is 1.24. The lowest BCUT2D eigenvalue weighted by Gasteiger charge is -2.15. The first-order valence-corrected chi connectivity index (χ1v) is 8.73. The number of hydrogen-bond acceptors (Lipinski definition) is 3. The number of ether oxygens (including phenoxy) is 1. The van der Waals surface area contributed by atoms with Crippen molar-refractivity contribution in [2.75, 3.05) is 13.2 Å². The maximum absolute atomic E-state index is 12.1. The number of rotatable bonds is 6. The number of nitrogens with one attached hydrogen (secondary N) is 1. The van der Waals surface area contributed by atoms with Crippen LogP contribution >= 0.6 is 0 Å². The molecule has 0 radical (unpaired) electrons. The Morgan fingerprint density at radius 3 is 3.17 bits per heavy atom. The van der Waals surface area contributed by atoms with Crippen LogP contribution in [0.4, 0.5) is 0 Å². The first-order valence-electron chi connectivity index (χ1n) is 8.73. The number of aryl methyl sites for hydroxylation is 2. The molecule has 0 bridgehead atoms. The van der Waals surface area contributed by atoms with Crippen molar-refractivity contribution in [2.45, 2.75) is 39.2 Å². The predicted molar refractivity (Wildman–Crippen MR) is 93.0 cm³/mol. The molecule has 1 aliphatic rings. The van der Waals surface area contributed by atoms with Gasteiger partial charge in [0, 0.05) is 38.3 Å². The van der Waals surface area contributed by atoms with Crippen LogP contribution in [-0.4, -0.2) is 28.6 Å². The van der Waals surface area contributed by atoms with E-state index in [1.54, 1.807) is 6.20 Å². The SMILES string of the molecule is CCc1nccn1CCC(=O)NC[C@H]1CCOc2ccccc2C1. The van der Waals surface area contributed by atoms with Gasteiger partial charge in [0.2, 0.25) is 5.91 Å². The third-order valence-corrected chi connectivity index (χ3v) is 4.55. The Hall–Kier alpha value is -2.30. The molecule has 1 aliphatic heterocycles. The number of amides is 1. The fraction of sp³-hybridized carbons (Fsp3) is 0.474. The van der Waals surface area contributed by atoms with E-state index in [0.717, 1.165) is 30.8 Å². The summed E-state index contributed by atoms with van der Waals surface area (Å²) in [6.45, 7) is 4.18. The molecule has 2 heterocycles. The van der Waals surface area contributed by atoms with Crippen LogP contribution < -0.4 is 10.1 Å². The molecule has 0 aliphatic carbocycles. The van der Waals surface area contributed by atoms with E-state index >= 15 is 0 Å². The van der Waals surface area contributed by atoms with Gasteiger partial charge in [-0.1, -0.05) is 25.1 Å². The molecular formula is C19H25N3O2. The minimum Gasteiger partial charge on any atom is -0.493 e. The second kappa shape index (κ2) is 7.99. The molecule has 1 aromatic carbocycles. The molecule has 0 saturated carbocycles. The molecule has 0 unspecified atom stereocenters. The first kappa shape index (κ1) is 16.6. The van der Waals surface area contributed by atoms with Crippen molar-refractivity contribution in [2.24, 2.45) is 5.92 Å². The zero-order valence-electron chi connectivity index (χ0n) is 14.2. The second-order valence-corrected chi connectivity index (χ2v) is 6.26. The lowest BCUT2D eigenvalue weighted by Crippen LogP contribution is -2.31. The number of carbonyl (C=O) groups excluding carboxylic acids is 1. The highest BCUT2D eigenvalue weighted by Crippen LogP contribution is 2.26. The number of benzene rings is 1. The van der Waals surface area contributed by atoms with Crippen LogP contribution in [0.25, 0.3) is 0 Å². The van der Waals surface area contributed by atoms with Gasteiger partial charge in [0.05, 0.1) is 6.61 Å². The first-order chi connectivity index (χ1) is 11.8. The third-order valence-electron chi connectivity index (χ3n) is 4.55. The number of hydrogen-bond donors (Lipinski definition) is 1. The molecule has 0 spiro atoms. The number of nitrogens with zero attached hydrogens (tertiary/aromatic N) is 2. The normalized spacial score (nSPS) is 16.8. The molecule has 1 N–H and O–H groups in total. The Kier molecular flexibility index (Phi) is 5.51. The van der Waals surface area contributed by atoms with E-state index in [1.807, 2.05) is 24.4 Å². The zero-order chi connectivity index (χ0) is 16.8. The maximum Gasteiger partial charge on any atom is 0.221 e. The van der Waals surface area contributed by atoms with Gasteiger partial charge in [-0.05, 0) is 30.4 Å². The third kappa shape index (κ3) is 4.16. The summed E-state index contributed by atoms with van der Waals surface area (Å²) in [6.07, 6.45) is 7.03. The minimum atomic E-state index is 0.101. The predicted octanol–water partition coefficient (Wildman–Crippen LogP) is 2.59. The van der Waals surface area contributed by atoms with Crippen LogP contribution in [-0.2, 0) is 24.2 Å². The quantitative estimate of drug-likeness (QED) is 0.887. The highest BCUT2D eigenvalue weighted by molar-refractivity contribution is 5.75. The molecular weight excluding hydrogens is 302 g/mol. The van der Waals surface area contributed by atoms with Crippen molar-refractivity contribution < 1.29 is 9.53 Å². The fourth-order valence-electron chi connectivity index (χ4n) is 3.16. The van der Waals surface area contributed by atoms with Gasteiger partial charge in [-0.25, -0.2) is 4.98 Å². The van der Waals surface area contributed by atoms with Crippen molar-refractivity contribution in [3.8, 4) is 5.75 Å². The summed E-state index contributed by atoms with van der Waals surface area (Å²) in [4.78, 5) is 16.4. The average molecular weight is 327 g/mol. The molecule has 0 saturated heterocycles. The van der Waals surface area contributed by atoms with E-state index < -0.39 is 0 Å². The molecule has 128 valence electrons. The summed E-state index contributed by atoms with van der Waals surface area (Å²) < 4.78 is 7.84. The van der Waals surface area contributed by atoms with Crippen molar-refractivity contribution in [1.29, 1.82) is 0 Å². The lowest BCUT2D eigenvalue weighted by atomic mass is 9.97. The van der Waals surface area contributed by atoms with E-state index in [4.69, 9.17) is 4.74 Å². The fourth-order valence-corrected chi connectivity index (χ4v) is 3.16. The lowest BCUT2D eigenvalue weighted by molar-refractivity contribution is -0.121.